The molecule has 3 N–H and O–H groups in total. The van der Waals surface area contributed by atoms with Gasteiger partial charge in [0.05, 0.1) is 11.3 Å². The van der Waals surface area contributed by atoms with Crippen LogP contribution in [0.4, 0.5) is 5.69 Å². The lowest BCUT2D eigenvalue weighted by atomic mass is 10.1. The topological polar surface area (TPSA) is 58.4 Å². The fourth-order valence-electron chi connectivity index (χ4n) is 2.05. The van der Waals surface area contributed by atoms with Crippen molar-refractivity contribution in [2.75, 3.05) is 18.5 Å². The zero-order chi connectivity index (χ0) is 11.5. The van der Waals surface area contributed by atoms with Gasteiger partial charge in [-0.25, -0.2) is 0 Å². The van der Waals surface area contributed by atoms with Crippen LogP contribution in [0.25, 0.3) is 0 Å². The molecule has 86 valence electrons. The van der Waals surface area contributed by atoms with Gasteiger partial charge in [0.15, 0.2) is 0 Å². The number of likely N-dealkylation sites (tertiary alicyclic amines) is 1. The van der Waals surface area contributed by atoms with E-state index < -0.39 is 0 Å². The van der Waals surface area contributed by atoms with Crippen LogP contribution in [-0.2, 0) is 0 Å². The summed E-state index contributed by atoms with van der Waals surface area (Å²) in [5, 5.41) is 0. The smallest absolute Gasteiger partial charge is 0.256 e. The Kier molecular flexibility index (Phi) is 3.10. The maximum absolute atomic E-state index is 12.2. The molecule has 2 rings (SSSR count). The average molecular weight is 219 g/mol. The maximum atomic E-state index is 12.2. The van der Waals surface area contributed by atoms with Crippen LogP contribution in [0, 0.1) is 6.92 Å². The van der Waals surface area contributed by atoms with E-state index in [0.717, 1.165) is 31.5 Å². The number of benzene rings is 1. The summed E-state index contributed by atoms with van der Waals surface area (Å²) < 4.78 is 0. The summed E-state index contributed by atoms with van der Waals surface area (Å²) in [5.74, 6) is 5.49. The van der Waals surface area contributed by atoms with Gasteiger partial charge in [0, 0.05) is 13.1 Å². The number of hydrogen-bond donors (Lipinski definition) is 2. The Hall–Kier alpha value is -1.55. The molecule has 0 spiro atoms. The number of nitrogen functional groups attached to an aromatic ring is 1. The molecule has 1 heterocycles. The lowest BCUT2D eigenvalue weighted by Crippen LogP contribution is -2.29. The quantitative estimate of drug-likeness (QED) is 0.585. The van der Waals surface area contributed by atoms with Gasteiger partial charge in [-0.05, 0) is 31.9 Å². The van der Waals surface area contributed by atoms with Gasteiger partial charge in [0.1, 0.15) is 0 Å². The zero-order valence-corrected chi connectivity index (χ0v) is 9.49. The highest BCUT2D eigenvalue weighted by Crippen LogP contribution is 2.20. The number of hydrazine groups is 1. The third-order valence-electron chi connectivity index (χ3n) is 2.95. The van der Waals surface area contributed by atoms with E-state index in [9.17, 15) is 4.79 Å². The predicted octanol–water partition coefficient (Wildman–Crippen LogP) is 1.52. The van der Waals surface area contributed by atoms with Crippen molar-refractivity contribution >= 4 is 11.6 Å². The highest BCUT2D eigenvalue weighted by atomic mass is 16.2. The predicted molar refractivity (Wildman–Crippen MR) is 64.1 cm³/mol. The minimum absolute atomic E-state index is 0.0779. The summed E-state index contributed by atoms with van der Waals surface area (Å²) >= 11 is 0. The Morgan fingerprint density at radius 2 is 2.06 bits per heavy atom. The van der Waals surface area contributed by atoms with Crippen LogP contribution in [0.2, 0.25) is 0 Å². The number of carbonyl (C=O) groups excluding carboxylic acids is 1. The largest absolute Gasteiger partial charge is 0.339 e. The molecule has 16 heavy (non-hydrogen) atoms. The maximum Gasteiger partial charge on any atom is 0.256 e. The molecular formula is C12H17N3O. The fraction of sp³-hybridized carbons (Fsp3) is 0.417. The van der Waals surface area contributed by atoms with Gasteiger partial charge in [0.2, 0.25) is 0 Å². The van der Waals surface area contributed by atoms with Gasteiger partial charge >= 0.3 is 0 Å². The van der Waals surface area contributed by atoms with Crippen molar-refractivity contribution in [1.82, 2.24) is 4.90 Å². The molecule has 1 amide bonds. The molecule has 0 atom stereocenters. The zero-order valence-electron chi connectivity index (χ0n) is 9.49. The van der Waals surface area contributed by atoms with Crippen LogP contribution in [0.1, 0.15) is 28.8 Å². The van der Waals surface area contributed by atoms with E-state index in [1.54, 1.807) is 0 Å². The SMILES string of the molecule is Cc1ccc(NN)c(C(=O)N2CCCC2)c1. The highest BCUT2D eigenvalue weighted by molar-refractivity contribution is 5.99. The third-order valence-corrected chi connectivity index (χ3v) is 2.95. The second kappa shape index (κ2) is 4.53. The number of hydrogen-bond acceptors (Lipinski definition) is 3. The molecule has 1 saturated heterocycles. The minimum atomic E-state index is 0.0779. The van der Waals surface area contributed by atoms with Crippen LogP contribution in [0.5, 0.6) is 0 Å². The van der Waals surface area contributed by atoms with E-state index in [4.69, 9.17) is 5.84 Å². The van der Waals surface area contributed by atoms with Crippen molar-refractivity contribution in [3.05, 3.63) is 29.3 Å². The second-order valence-electron chi connectivity index (χ2n) is 4.19. The van der Waals surface area contributed by atoms with E-state index >= 15 is 0 Å². The first kappa shape index (κ1) is 11.0. The first-order valence-corrected chi connectivity index (χ1v) is 5.59. The molecule has 4 nitrogen and oxygen atoms in total. The van der Waals surface area contributed by atoms with E-state index in [1.165, 1.54) is 0 Å². The molecule has 4 heteroatoms. The van der Waals surface area contributed by atoms with E-state index in [0.29, 0.717) is 11.3 Å². The molecule has 0 radical (unpaired) electrons. The average Bonchev–Trinajstić information content (AvgIpc) is 2.81. The highest BCUT2D eigenvalue weighted by Gasteiger charge is 2.21. The number of amides is 1. The first-order valence-electron chi connectivity index (χ1n) is 5.59. The molecule has 0 aromatic heterocycles. The molecular weight excluding hydrogens is 202 g/mol. The molecule has 1 aromatic carbocycles. The summed E-state index contributed by atoms with van der Waals surface area (Å²) in [6.07, 6.45) is 2.20. The molecule has 1 aliphatic heterocycles. The van der Waals surface area contributed by atoms with Gasteiger partial charge in [-0.2, -0.15) is 0 Å². The molecule has 1 fully saturated rings. The molecule has 0 saturated carbocycles. The van der Waals surface area contributed by atoms with Crippen molar-refractivity contribution in [3.63, 3.8) is 0 Å². The summed E-state index contributed by atoms with van der Waals surface area (Å²) in [6.45, 7) is 3.69. The number of nitrogens with two attached hydrogens (primary N) is 1. The van der Waals surface area contributed by atoms with Crippen molar-refractivity contribution in [2.45, 2.75) is 19.8 Å². The molecule has 0 aliphatic carbocycles. The van der Waals surface area contributed by atoms with E-state index in [1.807, 2.05) is 30.0 Å². The van der Waals surface area contributed by atoms with E-state index in [-0.39, 0.29) is 5.91 Å². The number of aryl methyl sites for hydroxylation is 1. The van der Waals surface area contributed by atoms with Crippen LogP contribution < -0.4 is 11.3 Å². The van der Waals surface area contributed by atoms with E-state index in [2.05, 4.69) is 5.43 Å². The first-order chi connectivity index (χ1) is 7.72. The Balaban J connectivity index is 2.30. The van der Waals surface area contributed by atoms with Gasteiger partial charge in [-0.3, -0.25) is 10.6 Å². The lowest BCUT2D eigenvalue weighted by Gasteiger charge is -2.17. The normalized spacial score (nSPS) is 15.2. The van der Waals surface area contributed by atoms with Crippen LogP contribution >= 0.6 is 0 Å². The number of anilines is 1. The number of carbonyl (C=O) groups is 1. The summed E-state index contributed by atoms with van der Waals surface area (Å²) in [5.41, 5.74) is 5.02. The van der Waals surface area contributed by atoms with Gasteiger partial charge in [0.25, 0.3) is 5.91 Å². The Bertz CT molecular complexity index is 397. The number of rotatable bonds is 2. The van der Waals surface area contributed by atoms with Crippen molar-refractivity contribution in [1.29, 1.82) is 0 Å². The van der Waals surface area contributed by atoms with Crippen LogP contribution in [-0.4, -0.2) is 23.9 Å². The molecule has 0 unspecified atom stereocenters. The Morgan fingerprint density at radius 3 is 2.69 bits per heavy atom. The lowest BCUT2D eigenvalue weighted by molar-refractivity contribution is 0.0793. The molecule has 1 aliphatic rings. The number of nitrogens with one attached hydrogen (secondary N) is 1. The molecule has 0 bridgehead atoms. The Labute approximate surface area is 95.4 Å². The van der Waals surface area contributed by atoms with Gasteiger partial charge in [-0.1, -0.05) is 11.6 Å². The summed E-state index contributed by atoms with van der Waals surface area (Å²) in [7, 11) is 0. The number of nitrogens with zero attached hydrogens (tertiary/aromatic N) is 1. The van der Waals surface area contributed by atoms with Crippen LogP contribution in [0.3, 0.4) is 0 Å². The fourth-order valence-corrected chi connectivity index (χ4v) is 2.05. The second-order valence-corrected chi connectivity index (χ2v) is 4.19. The van der Waals surface area contributed by atoms with Gasteiger partial charge in [-0.15, -0.1) is 0 Å². The van der Waals surface area contributed by atoms with Gasteiger partial charge < -0.3 is 10.3 Å². The summed E-state index contributed by atoms with van der Waals surface area (Å²) in [4.78, 5) is 14.1. The van der Waals surface area contributed by atoms with Crippen molar-refractivity contribution in [2.24, 2.45) is 5.84 Å². The summed E-state index contributed by atoms with van der Waals surface area (Å²) in [6, 6.07) is 5.67. The van der Waals surface area contributed by atoms with Crippen molar-refractivity contribution in [3.8, 4) is 0 Å². The van der Waals surface area contributed by atoms with Crippen molar-refractivity contribution < 1.29 is 4.79 Å². The monoisotopic (exact) mass is 219 g/mol. The molecule has 1 aromatic rings. The standard InChI is InChI=1S/C12H17N3O/c1-9-4-5-11(14-13)10(8-9)12(16)15-6-2-3-7-15/h4-5,8,14H,2-3,6-7,13H2,1H3. The van der Waals surface area contributed by atoms with Crippen LogP contribution in [0.15, 0.2) is 18.2 Å². The Morgan fingerprint density at radius 1 is 1.38 bits per heavy atom. The third kappa shape index (κ3) is 2.02. The minimum Gasteiger partial charge on any atom is -0.339 e.